The third-order valence-electron chi connectivity index (χ3n) is 5.35. The summed E-state index contributed by atoms with van der Waals surface area (Å²) >= 11 is 4.83. The third kappa shape index (κ3) is 6.32. The maximum Gasteiger partial charge on any atom is 0.168 e. The Morgan fingerprint density at radius 3 is 2.48 bits per heavy atom. The van der Waals surface area contributed by atoms with Gasteiger partial charge in [0.25, 0.3) is 0 Å². The number of thiocarbonyl (C=S) groups is 1. The van der Waals surface area contributed by atoms with Crippen LogP contribution in [0.4, 0.5) is 11.4 Å². The van der Waals surface area contributed by atoms with Gasteiger partial charge in [-0.05, 0) is 67.7 Å². The van der Waals surface area contributed by atoms with E-state index in [1.165, 1.54) is 5.69 Å². The smallest absolute Gasteiger partial charge is 0.168 e. The summed E-state index contributed by atoms with van der Waals surface area (Å²) < 4.78 is 0. The summed E-state index contributed by atoms with van der Waals surface area (Å²) in [7, 11) is 0. The lowest BCUT2D eigenvalue weighted by Crippen LogP contribution is -2.50. The SMILES string of the molecule is NC(=S)Nc1cc(CCCCC(O)N2CCN(c3ccccc3)CC2)ccc1O. The number of benzene rings is 2. The Morgan fingerprint density at radius 1 is 1.07 bits per heavy atom. The number of unbranched alkanes of at least 4 members (excludes halogenated alkanes) is 1. The van der Waals surface area contributed by atoms with Crippen molar-refractivity contribution in [1.82, 2.24) is 4.90 Å². The van der Waals surface area contributed by atoms with Crippen LogP contribution in [0.5, 0.6) is 5.75 Å². The number of phenolic OH excluding ortho intramolecular Hbond substituents is 1. The van der Waals surface area contributed by atoms with Crippen molar-refractivity contribution in [2.45, 2.75) is 31.9 Å². The highest BCUT2D eigenvalue weighted by molar-refractivity contribution is 7.80. The Balaban J connectivity index is 1.38. The first kappa shape index (κ1) is 21.4. The van der Waals surface area contributed by atoms with E-state index >= 15 is 0 Å². The van der Waals surface area contributed by atoms with E-state index < -0.39 is 0 Å². The average Bonchev–Trinajstić information content (AvgIpc) is 2.73. The number of rotatable bonds is 8. The Labute approximate surface area is 177 Å². The lowest BCUT2D eigenvalue weighted by molar-refractivity contribution is -0.00702. The number of nitrogens with two attached hydrogens (primary N) is 1. The molecule has 6 nitrogen and oxygen atoms in total. The van der Waals surface area contributed by atoms with Gasteiger partial charge in [0, 0.05) is 31.9 Å². The molecule has 0 radical (unpaired) electrons. The molecule has 0 saturated carbocycles. The Bertz CT molecular complexity index is 795. The number of nitrogens with one attached hydrogen (secondary N) is 1. The van der Waals surface area contributed by atoms with Crippen LogP contribution in [-0.4, -0.2) is 52.6 Å². The highest BCUT2D eigenvalue weighted by Crippen LogP contribution is 2.25. The first-order chi connectivity index (χ1) is 14.0. The van der Waals surface area contributed by atoms with E-state index in [1.807, 2.05) is 18.2 Å². The molecular weight excluding hydrogens is 384 g/mol. The van der Waals surface area contributed by atoms with Crippen LogP contribution in [0.2, 0.25) is 0 Å². The molecule has 0 amide bonds. The number of aromatic hydroxyl groups is 1. The zero-order valence-corrected chi connectivity index (χ0v) is 17.4. The van der Waals surface area contributed by atoms with Crippen LogP contribution in [-0.2, 0) is 6.42 Å². The second-order valence-corrected chi connectivity index (χ2v) is 7.87. The molecule has 1 atom stereocenters. The molecule has 1 saturated heterocycles. The van der Waals surface area contributed by atoms with Crippen LogP contribution in [0, 0.1) is 0 Å². The summed E-state index contributed by atoms with van der Waals surface area (Å²) in [6.45, 7) is 3.63. The summed E-state index contributed by atoms with van der Waals surface area (Å²) in [5.41, 5.74) is 8.37. The van der Waals surface area contributed by atoms with Gasteiger partial charge in [-0.2, -0.15) is 0 Å². The molecule has 156 valence electrons. The molecule has 1 heterocycles. The number of aryl methyl sites for hydroxylation is 1. The topological polar surface area (TPSA) is 85.0 Å². The van der Waals surface area contributed by atoms with Crippen LogP contribution >= 0.6 is 12.2 Å². The van der Waals surface area contributed by atoms with Gasteiger partial charge in [0.15, 0.2) is 5.11 Å². The molecule has 1 aliphatic heterocycles. The molecule has 1 fully saturated rings. The van der Waals surface area contributed by atoms with Crippen molar-refractivity contribution >= 4 is 28.7 Å². The van der Waals surface area contributed by atoms with Crippen molar-refractivity contribution in [3.63, 3.8) is 0 Å². The number of hydrogen-bond donors (Lipinski definition) is 4. The van der Waals surface area contributed by atoms with Crippen molar-refractivity contribution < 1.29 is 10.2 Å². The summed E-state index contributed by atoms with van der Waals surface area (Å²) in [6.07, 6.45) is 3.17. The minimum atomic E-state index is -0.389. The monoisotopic (exact) mass is 414 g/mol. The van der Waals surface area contributed by atoms with Crippen molar-refractivity contribution in [2.75, 3.05) is 36.4 Å². The molecule has 1 aliphatic rings. The Hall–Kier alpha value is -2.35. The van der Waals surface area contributed by atoms with Gasteiger partial charge in [-0.25, -0.2) is 0 Å². The van der Waals surface area contributed by atoms with Crippen LogP contribution in [0.3, 0.4) is 0 Å². The van der Waals surface area contributed by atoms with E-state index in [4.69, 9.17) is 18.0 Å². The normalized spacial score (nSPS) is 15.8. The standard InChI is InChI=1S/C22H30N4O2S/c23-22(29)24-19-16-17(10-11-20(19)27)6-4-5-9-21(28)26-14-12-25(13-15-26)18-7-2-1-3-8-18/h1-3,7-8,10-11,16,21,27-28H,4-6,9,12-15H2,(H3,23,24,29). The fourth-order valence-electron chi connectivity index (χ4n) is 3.73. The quantitative estimate of drug-likeness (QED) is 0.300. The van der Waals surface area contributed by atoms with E-state index in [-0.39, 0.29) is 17.1 Å². The minimum Gasteiger partial charge on any atom is -0.506 e. The average molecular weight is 415 g/mol. The molecule has 29 heavy (non-hydrogen) atoms. The number of aliphatic hydroxyl groups is 1. The van der Waals surface area contributed by atoms with Gasteiger partial charge < -0.3 is 26.2 Å². The number of aliphatic hydroxyl groups excluding tert-OH is 1. The number of anilines is 2. The van der Waals surface area contributed by atoms with Gasteiger partial charge >= 0.3 is 0 Å². The maximum atomic E-state index is 10.5. The molecule has 5 N–H and O–H groups in total. The van der Waals surface area contributed by atoms with Crippen molar-refractivity contribution in [3.05, 3.63) is 54.1 Å². The van der Waals surface area contributed by atoms with E-state index in [0.29, 0.717) is 5.69 Å². The second-order valence-electron chi connectivity index (χ2n) is 7.43. The molecule has 3 rings (SSSR count). The van der Waals surface area contributed by atoms with Gasteiger partial charge in [-0.3, -0.25) is 4.90 Å². The van der Waals surface area contributed by atoms with Gasteiger partial charge in [0.2, 0.25) is 0 Å². The van der Waals surface area contributed by atoms with E-state index in [0.717, 1.165) is 57.4 Å². The molecule has 0 bridgehead atoms. The summed E-state index contributed by atoms with van der Waals surface area (Å²) in [5, 5.41) is 23.3. The highest BCUT2D eigenvalue weighted by atomic mass is 32.1. The molecule has 1 unspecified atom stereocenters. The van der Waals surface area contributed by atoms with Crippen molar-refractivity contribution in [2.24, 2.45) is 5.73 Å². The zero-order valence-electron chi connectivity index (χ0n) is 16.6. The third-order valence-corrected chi connectivity index (χ3v) is 5.46. The zero-order chi connectivity index (χ0) is 20.6. The summed E-state index contributed by atoms with van der Waals surface area (Å²) in [5.74, 6) is 0.131. The molecule has 2 aromatic carbocycles. The molecule has 7 heteroatoms. The van der Waals surface area contributed by atoms with Gasteiger partial charge in [0.05, 0.1) is 5.69 Å². The van der Waals surface area contributed by atoms with Gasteiger partial charge in [-0.1, -0.05) is 24.3 Å². The molecule has 0 aliphatic carbocycles. The van der Waals surface area contributed by atoms with Crippen LogP contribution < -0.4 is 16.0 Å². The first-order valence-corrected chi connectivity index (χ1v) is 10.5. The minimum absolute atomic E-state index is 0.131. The second kappa shape index (κ2) is 10.4. The summed E-state index contributed by atoms with van der Waals surface area (Å²) in [6, 6.07) is 15.9. The van der Waals surface area contributed by atoms with Crippen LogP contribution in [0.15, 0.2) is 48.5 Å². The van der Waals surface area contributed by atoms with E-state index in [1.54, 1.807) is 6.07 Å². The molecule has 0 spiro atoms. The molecule has 0 aromatic heterocycles. The van der Waals surface area contributed by atoms with E-state index in [2.05, 4.69) is 39.4 Å². The highest BCUT2D eigenvalue weighted by Gasteiger charge is 2.22. The summed E-state index contributed by atoms with van der Waals surface area (Å²) in [4.78, 5) is 4.54. The predicted octanol–water partition coefficient (Wildman–Crippen LogP) is 2.90. The van der Waals surface area contributed by atoms with Gasteiger partial charge in [-0.15, -0.1) is 0 Å². The fraction of sp³-hybridized carbons (Fsp3) is 0.409. The van der Waals surface area contributed by atoms with E-state index in [9.17, 15) is 10.2 Å². The predicted molar refractivity (Wildman–Crippen MR) is 122 cm³/mol. The van der Waals surface area contributed by atoms with Crippen molar-refractivity contribution in [3.8, 4) is 5.75 Å². The number of phenols is 1. The lowest BCUT2D eigenvalue weighted by atomic mass is 10.1. The van der Waals surface area contributed by atoms with Crippen molar-refractivity contribution in [1.29, 1.82) is 0 Å². The largest absolute Gasteiger partial charge is 0.506 e. The lowest BCUT2D eigenvalue weighted by Gasteiger charge is -2.38. The van der Waals surface area contributed by atoms with Crippen LogP contribution in [0.1, 0.15) is 24.8 Å². The number of piperazine rings is 1. The van der Waals surface area contributed by atoms with Gasteiger partial charge in [0.1, 0.15) is 12.0 Å². The molecular formula is C22H30N4O2S. The number of para-hydroxylation sites is 1. The Kier molecular flexibility index (Phi) is 7.69. The molecule has 2 aromatic rings. The number of nitrogens with zero attached hydrogens (tertiary/aromatic N) is 2. The Morgan fingerprint density at radius 2 is 1.79 bits per heavy atom. The van der Waals surface area contributed by atoms with Crippen LogP contribution in [0.25, 0.3) is 0 Å². The maximum absolute atomic E-state index is 10.5. The fourth-order valence-corrected chi connectivity index (χ4v) is 3.84. The first-order valence-electron chi connectivity index (χ1n) is 10.1. The number of hydrogen-bond acceptors (Lipinski definition) is 5.